The van der Waals surface area contributed by atoms with E-state index in [1.165, 1.54) is 6.33 Å². The second kappa shape index (κ2) is 9.61. The van der Waals surface area contributed by atoms with Crippen molar-refractivity contribution in [2.24, 2.45) is 0 Å². The van der Waals surface area contributed by atoms with Crippen LogP contribution in [0.2, 0.25) is 5.02 Å². The van der Waals surface area contributed by atoms with Crippen LogP contribution in [0.15, 0.2) is 24.8 Å². The van der Waals surface area contributed by atoms with Gasteiger partial charge in [-0.2, -0.15) is 0 Å². The van der Waals surface area contributed by atoms with Gasteiger partial charge in [0.2, 0.25) is 0 Å². The summed E-state index contributed by atoms with van der Waals surface area (Å²) in [6.07, 6.45) is 6.65. The molecule has 4 rings (SSSR count). The van der Waals surface area contributed by atoms with Crippen LogP contribution in [0.3, 0.4) is 0 Å². The van der Waals surface area contributed by atoms with Crippen LogP contribution in [0.5, 0.6) is 5.75 Å². The number of H-pyrrole nitrogens is 1. The molecule has 0 bridgehead atoms. The summed E-state index contributed by atoms with van der Waals surface area (Å²) in [5, 5.41) is 6.69. The van der Waals surface area contributed by atoms with Crippen LogP contribution in [0, 0.1) is 0 Å². The first-order valence-electron chi connectivity index (χ1n) is 10.7. The Morgan fingerprint density at radius 1 is 1.36 bits per heavy atom. The molecule has 0 saturated carbocycles. The lowest BCUT2D eigenvalue weighted by atomic mass is 9.92. The second-order valence-corrected chi connectivity index (χ2v) is 9.72. The number of nitrogens with zero attached hydrogens (tertiary/aromatic N) is 3. The van der Waals surface area contributed by atoms with Gasteiger partial charge in [0.05, 0.1) is 28.8 Å². The van der Waals surface area contributed by atoms with E-state index < -0.39 is 17.3 Å². The molecule has 3 N–H and O–H groups in total. The van der Waals surface area contributed by atoms with Gasteiger partial charge < -0.3 is 25.1 Å². The molecule has 11 heteroatoms. The van der Waals surface area contributed by atoms with E-state index in [1.54, 1.807) is 39.2 Å². The first-order chi connectivity index (χ1) is 15.7. The summed E-state index contributed by atoms with van der Waals surface area (Å²) in [4.78, 5) is 28.1. The number of fused-ring (bicyclic) bond motifs is 3. The van der Waals surface area contributed by atoms with E-state index in [2.05, 4.69) is 30.6 Å². The highest BCUT2D eigenvalue weighted by molar-refractivity contribution is 6.35. The fraction of sp³-hybridized carbons (Fsp3) is 0.455. The number of hydrogen-bond donors (Lipinski definition) is 3. The van der Waals surface area contributed by atoms with Crippen LogP contribution in [-0.4, -0.2) is 49.8 Å². The third-order valence-corrected chi connectivity index (χ3v) is 5.66. The number of aromatic amines is 1. The van der Waals surface area contributed by atoms with Gasteiger partial charge >= 0.3 is 6.09 Å². The van der Waals surface area contributed by atoms with Crippen molar-refractivity contribution in [1.29, 1.82) is 0 Å². The maximum absolute atomic E-state index is 11.8. The summed E-state index contributed by atoms with van der Waals surface area (Å²) in [5.41, 5.74) is 2.67. The molecule has 2 atom stereocenters. The van der Waals surface area contributed by atoms with Gasteiger partial charge in [0.1, 0.15) is 11.9 Å². The number of carbonyl (C=O) groups excluding carboxylic acids is 1. The summed E-state index contributed by atoms with van der Waals surface area (Å²) in [6, 6.07) is 1.90. The predicted octanol–water partition coefficient (Wildman–Crippen LogP) is 4.44. The monoisotopic (exact) mass is 492 g/mol. The van der Waals surface area contributed by atoms with Crippen molar-refractivity contribution in [1.82, 2.24) is 25.3 Å². The summed E-state index contributed by atoms with van der Waals surface area (Å²) in [7, 11) is 0. The van der Waals surface area contributed by atoms with Crippen LogP contribution >= 0.6 is 23.2 Å². The normalized spacial score (nSPS) is 16.7. The Hall–Kier alpha value is -2.78. The number of nitrogens with one attached hydrogen (secondary N) is 3. The molecule has 0 aromatic carbocycles. The number of alkyl halides is 1. The highest BCUT2D eigenvalue weighted by Gasteiger charge is 2.25. The lowest BCUT2D eigenvalue weighted by Crippen LogP contribution is -2.37. The molecule has 3 aromatic rings. The van der Waals surface area contributed by atoms with Gasteiger partial charge in [-0.05, 0) is 46.1 Å². The number of carbonyl (C=O) groups is 1. The molecule has 3 aromatic heterocycles. The Morgan fingerprint density at radius 2 is 2.18 bits per heavy atom. The molecule has 0 fully saturated rings. The number of pyridine rings is 1. The lowest BCUT2D eigenvalue weighted by Gasteiger charge is -2.25. The lowest BCUT2D eigenvalue weighted by molar-refractivity contribution is 0.0515. The average molecular weight is 493 g/mol. The number of halogens is 2. The molecule has 0 spiro atoms. The van der Waals surface area contributed by atoms with Crippen LogP contribution in [0.4, 0.5) is 10.6 Å². The number of aryl methyl sites for hydroxylation is 1. The van der Waals surface area contributed by atoms with Crippen molar-refractivity contribution in [3.05, 3.63) is 41.1 Å². The summed E-state index contributed by atoms with van der Waals surface area (Å²) in [5.74, 6) is 0.932. The van der Waals surface area contributed by atoms with Crippen molar-refractivity contribution >= 4 is 46.1 Å². The maximum atomic E-state index is 11.8. The number of alkyl carbamates (subject to hydrolysis) is 1. The summed E-state index contributed by atoms with van der Waals surface area (Å²) < 4.78 is 11.0. The SMILES string of the molecule is CC(C)(C)OC(=O)NCC(Cl)Oc1cncnc1NC1CCc2[nH]c3c(Cl)ccnc3c2C1. The van der Waals surface area contributed by atoms with Crippen molar-refractivity contribution in [2.75, 3.05) is 11.9 Å². The van der Waals surface area contributed by atoms with Crippen molar-refractivity contribution in [3.63, 3.8) is 0 Å². The Bertz CT molecular complexity index is 1150. The zero-order valence-corrected chi connectivity index (χ0v) is 20.1. The molecule has 1 aliphatic rings. The van der Waals surface area contributed by atoms with E-state index in [0.29, 0.717) is 16.6 Å². The van der Waals surface area contributed by atoms with Crippen LogP contribution in [0.25, 0.3) is 11.0 Å². The van der Waals surface area contributed by atoms with E-state index in [4.69, 9.17) is 32.7 Å². The highest BCUT2D eigenvalue weighted by Crippen LogP contribution is 2.33. The molecule has 9 nitrogen and oxygen atoms in total. The fourth-order valence-corrected chi connectivity index (χ4v) is 4.11. The number of rotatable bonds is 6. The maximum Gasteiger partial charge on any atom is 0.407 e. The standard InChI is InChI=1S/C22H26Cl2N6O3/c1-22(2,3)33-21(31)27-10-17(24)32-16-9-25-11-28-20(16)29-12-4-5-15-13(8-12)18-19(30-15)14(23)6-7-26-18/h6-7,9,11-12,17,30H,4-5,8,10H2,1-3H3,(H,27,31)(H,25,28,29). The number of ether oxygens (including phenoxy) is 2. The predicted molar refractivity (Wildman–Crippen MR) is 127 cm³/mol. The van der Waals surface area contributed by atoms with E-state index in [9.17, 15) is 4.79 Å². The third-order valence-electron chi connectivity index (χ3n) is 5.10. The topological polar surface area (TPSA) is 114 Å². The van der Waals surface area contributed by atoms with Gasteiger partial charge in [0.25, 0.3) is 0 Å². The van der Waals surface area contributed by atoms with Gasteiger partial charge in [-0.25, -0.2) is 14.8 Å². The Labute approximate surface area is 201 Å². The van der Waals surface area contributed by atoms with E-state index in [1.807, 2.05) is 0 Å². The molecule has 33 heavy (non-hydrogen) atoms. The molecule has 2 unspecified atom stereocenters. The quantitative estimate of drug-likeness (QED) is 0.435. The number of aromatic nitrogens is 4. The smallest absolute Gasteiger partial charge is 0.407 e. The minimum Gasteiger partial charge on any atom is -0.467 e. The molecule has 1 aliphatic carbocycles. The van der Waals surface area contributed by atoms with Crippen LogP contribution in [0.1, 0.15) is 38.4 Å². The molecule has 0 radical (unpaired) electrons. The second-order valence-electron chi connectivity index (χ2n) is 8.83. The minimum atomic E-state index is -0.831. The zero-order chi connectivity index (χ0) is 23.6. The average Bonchev–Trinajstić information content (AvgIpc) is 3.12. The molecule has 0 aliphatic heterocycles. The van der Waals surface area contributed by atoms with Gasteiger partial charge in [0.15, 0.2) is 17.1 Å². The van der Waals surface area contributed by atoms with Gasteiger partial charge in [0, 0.05) is 23.5 Å². The third kappa shape index (κ3) is 5.78. The van der Waals surface area contributed by atoms with Gasteiger partial charge in [-0.3, -0.25) is 4.98 Å². The molecular weight excluding hydrogens is 467 g/mol. The number of anilines is 1. The number of amides is 1. The van der Waals surface area contributed by atoms with E-state index in [0.717, 1.165) is 41.6 Å². The Balaban J connectivity index is 1.40. The van der Waals surface area contributed by atoms with Gasteiger partial charge in [-0.15, -0.1) is 0 Å². The van der Waals surface area contributed by atoms with E-state index in [-0.39, 0.29) is 12.6 Å². The Kier molecular flexibility index (Phi) is 6.81. The molecule has 0 saturated heterocycles. The molecule has 3 heterocycles. The first kappa shape index (κ1) is 23.4. The van der Waals surface area contributed by atoms with Crippen LogP contribution < -0.4 is 15.4 Å². The van der Waals surface area contributed by atoms with Crippen molar-refractivity contribution in [2.45, 2.75) is 57.2 Å². The van der Waals surface area contributed by atoms with Crippen molar-refractivity contribution < 1.29 is 14.3 Å². The summed E-state index contributed by atoms with van der Waals surface area (Å²) in [6.45, 7) is 5.42. The van der Waals surface area contributed by atoms with E-state index >= 15 is 0 Å². The number of hydrogen-bond acceptors (Lipinski definition) is 7. The summed E-state index contributed by atoms with van der Waals surface area (Å²) >= 11 is 12.6. The Morgan fingerprint density at radius 3 is 2.97 bits per heavy atom. The molecule has 176 valence electrons. The van der Waals surface area contributed by atoms with Crippen LogP contribution in [-0.2, 0) is 17.6 Å². The fourth-order valence-electron chi connectivity index (χ4n) is 3.74. The first-order valence-corrected chi connectivity index (χ1v) is 11.5. The molecule has 1 amide bonds. The minimum absolute atomic E-state index is 0.0549. The molecular formula is C22H26Cl2N6O3. The van der Waals surface area contributed by atoms with Gasteiger partial charge in [-0.1, -0.05) is 23.2 Å². The highest BCUT2D eigenvalue weighted by atomic mass is 35.5. The van der Waals surface area contributed by atoms with Crippen molar-refractivity contribution in [3.8, 4) is 5.75 Å². The largest absolute Gasteiger partial charge is 0.467 e. The zero-order valence-electron chi connectivity index (χ0n) is 18.6.